The van der Waals surface area contributed by atoms with Crippen LogP contribution in [-0.2, 0) is 25.7 Å². The van der Waals surface area contributed by atoms with Crippen LogP contribution in [0.2, 0.25) is 0 Å². The van der Waals surface area contributed by atoms with Crippen molar-refractivity contribution in [1.82, 2.24) is 0 Å². The van der Waals surface area contributed by atoms with Gasteiger partial charge in [-0.25, -0.2) is 18.0 Å². The number of rotatable bonds is 13. The topological polar surface area (TPSA) is 30.2 Å². The van der Waals surface area contributed by atoms with Crippen LogP contribution in [0.3, 0.4) is 0 Å². The van der Waals surface area contributed by atoms with Gasteiger partial charge in [-0.1, -0.05) is 83.1 Å². The van der Waals surface area contributed by atoms with Crippen molar-refractivity contribution in [2.75, 3.05) is 0 Å². The minimum absolute atomic E-state index is 0.0780. The molecule has 0 bridgehead atoms. The molecule has 0 aliphatic rings. The van der Waals surface area contributed by atoms with Crippen LogP contribution in [0.5, 0.6) is 0 Å². The normalized spacial score (nSPS) is 11.4. The van der Waals surface area contributed by atoms with E-state index in [0.29, 0.717) is 29.6 Å². The summed E-state index contributed by atoms with van der Waals surface area (Å²) in [7, 11) is 0. The first-order chi connectivity index (χ1) is 16.5. The van der Waals surface area contributed by atoms with Gasteiger partial charge in [-0.15, -0.1) is 0 Å². The lowest BCUT2D eigenvalue weighted by Crippen LogP contribution is -2.07. The second-order valence-corrected chi connectivity index (χ2v) is 9.14. The van der Waals surface area contributed by atoms with Crippen LogP contribution < -0.4 is 5.63 Å². The fraction of sp³-hybridized carbons (Fsp3) is 0.483. The number of fused-ring (bicyclic) bond motifs is 1. The van der Waals surface area contributed by atoms with Crippen LogP contribution in [0, 0.1) is 17.5 Å². The Balaban J connectivity index is 1.67. The molecule has 0 N–H and O–H groups in total. The molecule has 0 amide bonds. The molecule has 0 saturated heterocycles. The fourth-order valence-electron chi connectivity index (χ4n) is 4.46. The number of benzene rings is 2. The molecule has 3 aromatic rings. The summed E-state index contributed by atoms with van der Waals surface area (Å²) in [6.45, 7) is 4.10. The minimum Gasteiger partial charge on any atom is -0.427 e. The molecule has 3 rings (SSSR count). The van der Waals surface area contributed by atoms with Crippen LogP contribution in [0.25, 0.3) is 10.8 Å². The Morgan fingerprint density at radius 1 is 0.647 bits per heavy atom. The highest BCUT2D eigenvalue weighted by molar-refractivity contribution is 5.82. The molecular weight excluding hydrogens is 437 g/mol. The molecule has 184 valence electrons. The molecule has 0 fully saturated rings. The molecule has 0 spiro atoms. The maximum Gasteiger partial charge on any atom is 0.346 e. The van der Waals surface area contributed by atoms with Gasteiger partial charge in [0.1, 0.15) is 17.0 Å². The van der Waals surface area contributed by atoms with Crippen molar-refractivity contribution in [3.05, 3.63) is 80.7 Å². The Morgan fingerprint density at radius 2 is 1.21 bits per heavy atom. The van der Waals surface area contributed by atoms with Crippen molar-refractivity contribution in [3.8, 4) is 0 Å². The Hall–Kier alpha value is -2.56. The Bertz CT molecular complexity index is 1150. The highest BCUT2D eigenvalue weighted by Gasteiger charge is 2.16. The van der Waals surface area contributed by atoms with E-state index < -0.39 is 23.1 Å². The maximum absolute atomic E-state index is 15.1. The van der Waals surface area contributed by atoms with E-state index in [1.54, 1.807) is 30.3 Å². The van der Waals surface area contributed by atoms with Gasteiger partial charge in [-0.05, 0) is 53.8 Å². The average molecular weight is 473 g/mol. The first-order valence-corrected chi connectivity index (χ1v) is 12.7. The molecule has 1 heterocycles. The van der Waals surface area contributed by atoms with Gasteiger partial charge in [-0.2, -0.15) is 0 Å². The van der Waals surface area contributed by atoms with Crippen LogP contribution in [0.15, 0.2) is 39.5 Å². The lowest BCUT2D eigenvalue weighted by atomic mass is 9.98. The van der Waals surface area contributed by atoms with Crippen LogP contribution >= 0.6 is 0 Å². The second kappa shape index (κ2) is 12.8. The second-order valence-electron chi connectivity index (χ2n) is 9.14. The van der Waals surface area contributed by atoms with E-state index >= 15 is 4.39 Å². The minimum atomic E-state index is -0.873. The van der Waals surface area contributed by atoms with Crippen molar-refractivity contribution in [2.45, 2.75) is 90.9 Å². The van der Waals surface area contributed by atoms with Gasteiger partial charge in [-0.3, -0.25) is 0 Å². The van der Waals surface area contributed by atoms with Crippen LogP contribution in [0.4, 0.5) is 13.2 Å². The third kappa shape index (κ3) is 6.52. The standard InChI is InChI=1S/C29H35F3O2/c1-3-5-6-7-8-9-10-12-24-19-23-18-17-21(26(30)25(23)29(33)34-24)14-16-22-15-13-20(11-4-2)27(31)28(22)32/h13,15,17-19H,3-12,14,16H2,1-2H3. The van der Waals surface area contributed by atoms with E-state index in [1.807, 2.05) is 6.92 Å². The number of hydrogen-bond donors (Lipinski definition) is 0. The van der Waals surface area contributed by atoms with E-state index in [2.05, 4.69) is 6.92 Å². The van der Waals surface area contributed by atoms with Gasteiger partial charge < -0.3 is 4.42 Å². The van der Waals surface area contributed by atoms with Crippen molar-refractivity contribution in [3.63, 3.8) is 0 Å². The molecular formula is C29H35F3O2. The molecule has 0 radical (unpaired) electrons. The zero-order valence-corrected chi connectivity index (χ0v) is 20.3. The van der Waals surface area contributed by atoms with Gasteiger partial charge in [0.05, 0.1) is 0 Å². The third-order valence-corrected chi connectivity index (χ3v) is 6.45. The van der Waals surface area contributed by atoms with E-state index in [-0.39, 0.29) is 29.4 Å². The van der Waals surface area contributed by atoms with Crippen molar-refractivity contribution in [1.29, 1.82) is 0 Å². The maximum atomic E-state index is 15.1. The van der Waals surface area contributed by atoms with Gasteiger partial charge in [0, 0.05) is 6.42 Å². The monoisotopic (exact) mass is 472 g/mol. The van der Waals surface area contributed by atoms with Crippen LogP contribution in [-0.4, -0.2) is 0 Å². The largest absolute Gasteiger partial charge is 0.427 e. The van der Waals surface area contributed by atoms with Gasteiger partial charge in [0.25, 0.3) is 0 Å². The first-order valence-electron chi connectivity index (χ1n) is 12.7. The highest BCUT2D eigenvalue weighted by atomic mass is 19.2. The molecule has 0 atom stereocenters. The average Bonchev–Trinajstić information content (AvgIpc) is 2.82. The molecule has 1 aromatic heterocycles. The van der Waals surface area contributed by atoms with Gasteiger partial charge >= 0.3 is 5.63 Å². The summed E-state index contributed by atoms with van der Waals surface area (Å²) in [5, 5.41) is 0.433. The molecule has 0 aliphatic carbocycles. The Kier molecular flexibility index (Phi) is 9.79. The Morgan fingerprint density at radius 3 is 1.85 bits per heavy atom. The van der Waals surface area contributed by atoms with E-state index in [4.69, 9.17) is 4.42 Å². The number of aryl methyl sites for hydroxylation is 4. The molecule has 0 unspecified atom stereocenters. The highest BCUT2D eigenvalue weighted by Crippen LogP contribution is 2.24. The third-order valence-electron chi connectivity index (χ3n) is 6.45. The summed E-state index contributed by atoms with van der Waals surface area (Å²) in [5.74, 6) is -1.77. The lowest BCUT2D eigenvalue weighted by molar-refractivity contribution is 0.452. The quantitative estimate of drug-likeness (QED) is 0.235. The summed E-state index contributed by atoms with van der Waals surface area (Å²) in [6, 6.07) is 8.22. The summed E-state index contributed by atoms with van der Waals surface area (Å²) >= 11 is 0. The number of unbranched alkanes of at least 4 members (excludes halogenated alkanes) is 6. The first kappa shape index (κ1) is 26.1. The van der Waals surface area contributed by atoms with Crippen molar-refractivity contribution >= 4 is 10.8 Å². The van der Waals surface area contributed by atoms with Crippen LogP contribution in [0.1, 0.15) is 87.7 Å². The predicted octanol–water partition coefficient (Wildman–Crippen LogP) is 8.24. The molecule has 2 nitrogen and oxygen atoms in total. The van der Waals surface area contributed by atoms with E-state index in [1.165, 1.54) is 32.1 Å². The summed E-state index contributed by atoms with van der Waals surface area (Å²) in [4.78, 5) is 12.5. The predicted molar refractivity (Wildman–Crippen MR) is 132 cm³/mol. The number of hydrogen-bond acceptors (Lipinski definition) is 2. The smallest absolute Gasteiger partial charge is 0.346 e. The SMILES string of the molecule is CCCCCCCCCc1cc2ccc(CCc3ccc(CCC)c(F)c3F)c(F)c2c(=O)o1. The molecule has 0 aliphatic heterocycles. The summed E-state index contributed by atoms with van der Waals surface area (Å²) < 4.78 is 49.2. The summed E-state index contributed by atoms with van der Waals surface area (Å²) in [5.41, 5.74) is 0.160. The van der Waals surface area contributed by atoms with Gasteiger partial charge in [0.2, 0.25) is 0 Å². The van der Waals surface area contributed by atoms with Crippen molar-refractivity contribution in [2.24, 2.45) is 0 Å². The molecule has 34 heavy (non-hydrogen) atoms. The Labute approximate surface area is 200 Å². The molecule has 5 heteroatoms. The fourth-order valence-corrected chi connectivity index (χ4v) is 4.46. The zero-order chi connectivity index (χ0) is 24.5. The zero-order valence-electron chi connectivity index (χ0n) is 20.3. The lowest BCUT2D eigenvalue weighted by Gasteiger charge is -2.10. The van der Waals surface area contributed by atoms with Crippen molar-refractivity contribution < 1.29 is 17.6 Å². The molecule has 0 saturated carbocycles. The van der Waals surface area contributed by atoms with E-state index in [0.717, 1.165) is 19.3 Å². The molecule has 2 aromatic carbocycles. The summed E-state index contributed by atoms with van der Waals surface area (Å²) in [6.07, 6.45) is 10.3. The van der Waals surface area contributed by atoms with E-state index in [9.17, 15) is 13.6 Å². The van der Waals surface area contributed by atoms with Gasteiger partial charge in [0.15, 0.2) is 11.6 Å². The number of halogens is 3.